The third-order valence-corrected chi connectivity index (χ3v) is 3.50. The molecule has 3 aromatic rings. The van der Waals surface area contributed by atoms with Gasteiger partial charge in [-0.3, -0.25) is 4.40 Å². The van der Waals surface area contributed by atoms with E-state index in [1.807, 2.05) is 35.7 Å². The van der Waals surface area contributed by atoms with Crippen LogP contribution in [0.15, 0.2) is 34.1 Å². The average molecular weight is 261 g/mol. The Hall–Kier alpha value is -1.89. The summed E-state index contributed by atoms with van der Waals surface area (Å²) >= 11 is 1.54. The number of hydrogen-bond acceptors (Lipinski definition) is 6. The molecule has 0 saturated carbocycles. The van der Waals surface area contributed by atoms with E-state index in [9.17, 15) is 0 Å². The largest absolute Gasteiger partial charge is 0.338 e. The van der Waals surface area contributed by atoms with Crippen LogP contribution < -0.4 is 0 Å². The molecule has 0 spiro atoms. The predicted octanol–water partition coefficient (Wildman–Crippen LogP) is 2.27. The lowest BCUT2D eigenvalue weighted by Gasteiger charge is -2.03. The summed E-state index contributed by atoms with van der Waals surface area (Å²) in [4.78, 5) is 4.22. The Bertz CT molecular complexity index is 677. The summed E-state index contributed by atoms with van der Waals surface area (Å²) in [6.45, 7) is 3.80. The SMILES string of the molecule is Cc1noc([C@@H](C)Sc2nnc3ccccn23)n1. The smallest absolute Gasteiger partial charge is 0.239 e. The molecule has 6 nitrogen and oxygen atoms in total. The molecule has 3 rings (SSSR count). The van der Waals surface area contributed by atoms with Gasteiger partial charge in [-0.2, -0.15) is 4.98 Å². The van der Waals surface area contributed by atoms with E-state index in [1.165, 1.54) is 11.8 Å². The summed E-state index contributed by atoms with van der Waals surface area (Å²) in [6, 6.07) is 5.80. The summed E-state index contributed by atoms with van der Waals surface area (Å²) in [5, 5.41) is 12.9. The number of fused-ring (bicyclic) bond motifs is 1. The molecule has 0 aliphatic rings. The lowest BCUT2D eigenvalue weighted by molar-refractivity contribution is 0.376. The highest BCUT2D eigenvalue weighted by atomic mass is 32.2. The molecule has 0 aliphatic heterocycles. The van der Waals surface area contributed by atoms with Crippen LogP contribution in [0.3, 0.4) is 0 Å². The third kappa shape index (κ3) is 1.97. The molecular formula is C11H11N5OS. The zero-order valence-corrected chi connectivity index (χ0v) is 10.8. The molecule has 92 valence electrons. The van der Waals surface area contributed by atoms with Crippen LogP contribution in [-0.2, 0) is 0 Å². The molecule has 18 heavy (non-hydrogen) atoms. The van der Waals surface area contributed by atoms with Crippen molar-refractivity contribution in [3.05, 3.63) is 36.1 Å². The molecule has 0 bridgehead atoms. The average Bonchev–Trinajstić information content (AvgIpc) is 2.97. The fourth-order valence-corrected chi connectivity index (χ4v) is 2.46. The standard InChI is InChI=1S/C11H11N5OS/c1-7(10-12-8(2)15-17-10)18-11-14-13-9-5-3-4-6-16(9)11/h3-7H,1-2H3/t7-/m1/s1. The maximum atomic E-state index is 5.15. The molecule has 7 heteroatoms. The van der Waals surface area contributed by atoms with Crippen LogP contribution in [0.4, 0.5) is 0 Å². The zero-order chi connectivity index (χ0) is 12.5. The van der Waals surface area contributed by atoms with Crippen LogP contribution in [0.1, 0.15) is 23.9 Å². The highest BCUT2D eigenvalue weighted by Gasteiger charge is 2.17. The zero-order valence-electron chi connectivity index (χ0n) is 9.94. The highest BCUT2D eigenvalue weighted by Crippen LogP contribution is 2.32. The third-order valence-electron chi connectivity index (χ3n) is 2.46. The Labute approximate surface area is 107 Å². The molecule has 0 aromatic carbocycles. The predicted molar refractivity (Wildman–Crippen MR) is 66.3 cm³/mol. The summed E-state index contributed by atoms with van der Waals surface area (Å²) in [5.74, 6) is 1.24. The molecule has 0 radical (unpaired) electrons. The number of aryl methyl sites for hydroxylation is 1. The second-order valence-corrected chi connectivity index (χ2v) is 5.16. The molecule has 0 N–H and O–H groups in total. The summed E-state index contributed by atoms with van der Waals surface area (Å²) in [6.07, 6.45) is 1.93. The number of thioether (sulfide) groups is 1. The minimum atomic E-state index is 0.0406. The van der Waals surface area contributed by atoms with Crippen molar-refractivity contribution >= 4 is 17.4 Å². The maximum Gasteiger partial charge on any atom is 0.239 e. The normalized spacial score (nSPS) is 13.0. The van der Waals surface area contributed by atoms with Crippen LogP contribution in [0, 0.1) is 6.92 Å². The van der Waals surface area contributed by atoms with Crippen molar-refractivity contribution in [1.82, 2.24) is 24.7 Å². The quantitative estimate of drug-likeness (QED) is 0.674. The van der Waals surface area contributed by atoms with Crippen molar-refractivity contribution in [2.45, 2.75) is 24.3 Å². The minimum absolute atomic E-state index is 0.0406. The van der Waals surface area contributed by atoms with E-state index in [0.717, 1.165) is 10.8 Å². The van der Waals surface area contributed by atoms with Crippen molar-refractivity contribution < 1.29 is 4.52 Å². The monoisotopic (exact) mass is 261 g/mol. The second kappa shape index (κ2) is 4.41. The van der Waals surface area contributed by atoms with E-state index in [4.69, 9.17) is 4.52 Å². The van der Waals surface area contributed by atoms with Gasteiger partial charge in [-0.05, 0) is 26.0 Å². The van der Waals surface area contributed by atoms with Crippen molar-refractivity contribution in [3.63, 3.8) is 0 Å². The van der Waals surface area contributed by atoms with Gasteiger partial charge in [-0.15, -0.1) is 10.2 Å². The topological polar surface area (TPSA) is 69.1 Å². The molecule has 0 amide bonds. The van der Waals surface area contributed by atoms with Gasteiger partial charge in [0.2, 0.25) is 5.89 Å². The first-order valence-electron chi connectivity index (χ1n) is 5.50. The molecule has 3 aromatic heterocycles. The van der Waals surface area contributed by atoms with Crippen LogP contribution in [0.2, 0.25) is 0 Å². The number of rotatable bonds is 3. The number of hydrogen-bond donors (Lipinski definition) is 0. The Balaban J connectivity index is 1.88. The van der Waals surface area contributed by atoms with Gasteiger partial charge in [-0.1, -0.05) is 23.0 Å². The Morgan fingerprint density at radius 1 is 1.33 bits per heavy atom. The number of aromatic nitrogens is 5. The maximum absolute atomic E-state index is 5.15. The highest BCUT2D eigenvalue weighted by molar-refractivity contribution is 7.99. The molecule has 0 saturated heterocycles. The van der Waals surface area contributed by atoms with Crippen LogP contribution in [0.25, 0.3) is 5.65 Å². The van der Waals surface area contributed by atoms with Crippen molar-refractivity contribution in [2.75, 3.05) is 0 Å². The Kier molecular flexibility index (Phi) is 2.75. The fraction of sp³-hybridized carbons (Fsp3) is 0.273. The van der Waals surface area contributed by atoms with E-state index < -0.39 is 0 Å². The van der Waals surface area contributed by atoms with Crippen LogP contribution in [0.5, 0.6) is 0 Å². The number of pyridine rings is 1. The van der Waals surface area contributed by atoms with Gasteiger partial charge in [0, 0.05) is 6.20 Å². The van der Waals surface area contributed by atoms with Gasteiger partial charge in [0.1, 0.15) is 0 Å². The molecule has 0 fully saturated rings. The van der Waals surface area contributed by atoms with E-state index in [2.05, 4.69) is 20.3 Å². The van der Waals surface area contributed by atoms with Crippen molar-refractivity contribution in [2.24, 2.45) is 0 Å². The first kappa shape index (κ1) is 11.2. The molecule has 0 aliphatic carbocycles. The van der Waals surface area contributed by atoms with Crippen LogP contribution >= 0.6 is 11.8 Å². The van der Waals surface area contributed by atoms with Gasteiger partial charge in [0.15, 0.2) is 16.6 Å². The van der Waals surface area contributed by atoms with Gasteiger partial charge < -0.3 is 4.52 Å². The summed E-state index contributed by atoms with van der Waals surface area (Å²) in [7, 11) is 0. The van der Waals surface area contributed by atoms with Gasteiger partial charge in [0.05, 0.1) is 5.25 Å². The van der Waals surface area contributed by atoms with E-state index >= 15 is 0 Å². The second-order valence-electron chi connectivity index (χ2n) is 3.85. The first-order valence-corrected chi connectivity index (χ1v) is 6.38. The van der Waals surface area contributed by atoms with Crippen molar-refractivity contribution in [3.8, 4) is 0 Å². The van der Waals surface area contributed by atoms with Gasteiger partial charge in [0.25, 0.3) is 0 Å². The van der Waals surface area contributed by atoms with E-state index in [-0.39, 0.29) is 5.25 Å². The van der Waals surface area contributed by atoms with Crippen LogP contribution in [-0.4, -0.2) is 24.7 Å². The Morgan fingerprint density at radius 2 is 2.22 bits per heavy atom. The minimum Gasteiger partial charge on any atom is -0.338 e. The molecule has 3 heterocycles. The molecule has 1 atom stereocenters. The van der Waals surface area contributed by atoms with E-state index in [0.29, 0.717) is 11.7 Å². The van der Waals surface area contributed by atoms with Gasteiger partial charge >= 0.3 is 0 Å². The molecular weight excluding hydrogens is 250 g/mol. The first-order chi connectivity index (χ1) is 8.74. The van der Waals surface area contributed by atoms with Crippen molar-refractivity contribution in [1.29, 1.82) is 0 Å². The van der Waals surface area contributed by atoms with Gasteiger partial charge in [-0.25, -0.2) is 0 Å². The molecule has 0 unspecified atom stereocenters. The number of nitrogens with zero attached hydrogens (tertiary/aromatic N) is 5. The Morgan fingerprint density at radius 3 is 3.00 bits per heavy atom. The van der Waals surface area contributed by atoms with E-state index in [1.54, 1.807) is 6.92 Å². The lowest BCUT2D eigenvalue weighted by Crippen LogP contribution is -1.92. The summed E-state index contributed by atoms with van der Waals surface area (Å²) < 4.78 is 7.08. The summed E-state index contributed by atoms with van der Waals surface area (Å²) in [5.41, 5.74) is 0.828. The lowest BCUT2D eigenvalue weighted by atomic mass is 10.5. The fourth-order valence-electron chi connectivity index (χ4n) is 1.59.